The van der Waals surface area contributed by atoms with E-state index in [1.54, 1.807) is 0 Å². The average Bonchev–Trinajstić information content (AvgIpc) is 2.93. The zero-order valence-electron chi connectivity index (χ0n) is 15.1. The third-order valence-corrected chi connectivity index (χ3v) is 5.33. The Morgan fingerprint density at radius 3 is 2.48 bits per heavy atom. The minimum Gasteiger partial charge on any atom is -0.342 e. The molecule has 0 aromatic carbocycles. The first-order valence-electron chi connectivity index (χ1n) is 8.58. The van der Waals surface area contributed by atoms with E-state index in [9.17, 15) is 9.59 Å². The summed E-state index contributed by atoms with van der Waals surface area (Å²) >= 11 is 1.43. The molecule has 0 spiro atoms. The number of anilines is 1. The Balaban J connectivity index is 1.71. The van der Waals surface area contributed by atoms with Crippen molar-refractivity contribution in [2.75, 3.05) is 18.4 Å². The quantitative estimate of drug-likeness (QED) is 0.890. The van der Waals surface area contributed by atoms with Crippen molar-refractivity contribution >= 4 is 38.6 Å². The number of likely N-dealkylation sites (tertiary alicyclic amines) is 1. The summed E-state index contributed by atoms with van der Waals surface area (Å²) in [7, 11) is 0. The number of amides is 2. The molecule has 1 saturated heterocycles. The molecule has 0 radical (unpaired) electrons. The van der Waals surface area contributed by atoms with Crippen molar-refractivity contribution in [2.45, 2.75) is 46.5 Å². The normalized spacial score (nSPS) is 16.2. The van der Waals surface area contributed by atoms with Crippen LogP contribution < -0.4 is 5.32 Å². The van der Waals surface area contributed by atoms with Gasteiger partial charge in [-0.1, -0.05) is 32.1 Å². The number of thiazole rings is 1. The van der Waals surface area contributed by atoms with Gasteiger partial charge in [0.25, 0.3) is 0 Å². The lowest BCUT2D eigenvalue weighted by molar-refractivity contribution is -0.140. The molecule has 2 amide bonds. The number of aromatic nitrogens is 2. The average molecular weight is 360 g/mol. The van der Waals surface area contributed by atoms with Crippen LogP contribution in [0.15, 0.2) is 12.1 Å². The van der Waals surface area contributed by atoms with Gasteiger partial charge in [0.05, 0.1) is 4.70 Å². The van der Waals surface area contributed by atoms with Crippen LogP contribution in [0.1, 0.15) is 52.1 Å². The number of piperidine rings is 1. The molecule has 0 unspecified atom stereocenters. The van der Waals surface area contributed by atoms with E-state index in [1.807, 2.05) is 37.8 Å². The number of hydrogen-bond acceptors (Lipinski definition) is 5. The van der Waals surface area contributed by atoms with Gasteiger partial charge in [0, 0.05) is 37.0 Å². The lowest BCUT2D eigenvalue weighted by Gasteiger charge is -2.35. The lowest BCUT2D eigenvalue weighted by atomic mass is 9.89. The van der Waals surface area contributed by atoms with Gasteiger partial charge >= 0.3 is 0 Å². The molecule has 0 bridgehead atoms. The first kappa shape index (κ1) is 17.8. The standard InChI is InChI=1S/C18H24N4O2S/c1-11(23)19-17-21-15-14(25-17)6-5-13(20-15)12-7-9-22(10-8-12)16(24)18(2,3)4/h5-6,12H,7-10H2,1-4H3,(H,19,20,21,23). The Labute approximate surface area is 151 Å². The minimum atomic E-state index is -0.329. The number of nitrogens with zero attached hydrogens (tertiary/aromatic N) is 3. The van der Waals surface area contributed by atoms with Crippen LogP contribution >= 0.6 is 11.3 Å². The Bertz CT molecular complexity index is 801. The summed E-state index contributed by atoms with van der Waals surface area (Å²) < 4.78 is 0.966. The molecule has 1 fully saturated rings. The van der Waals surface area contributed by atoms with E-state index in [4.69, 9.17) is 4.98 Å². The predicted molar refractivity (Wildman–Crippen MR) is 99.7 cm³/mol. The highest BCUT2D eigenvalue weighted by Crippen LogP contribution is 2.32. The second-order valence-corrected chi connectivity index (χ2v) is 8.61. The maximum absolute atomic E-state index is 12.4. The summed E-state index contributed by atoms with van der Waals surface area (Å²) in [6.07, 6.45) is 1.84. The topological polar surface area (TPSA) is 75.2 Å². The maximum atomic E-state index is 12.4. The fraction of sp³-hybridized carbons (Fsp3) is 0.556. The lowest BCUT2D eigenvalue weighted by Crippen LogP contribution is -2.43. The van der Waals surface area contributed by atoms with Gasteiger partial charge in [-0.15, -0.1) is 0 Å². The number of rotatable bonds is 2. The van der Waals surface area contributed by atoms with Crippen LogP contribution in [0.4, 0.5) is 5.13 Å². The maximum Gasteiger partial charge on any atom is 0.227 e. The van der Waals surface area contributed by atoms with Crippen LogP contribution in [0.5, 0.6) is 0 Å². The molecule has 1 aliphatic rings. The smallest absolute Gasteiger partial charge is 0.227 e. The molecule has 3 heterocycles. The van der Waals surface area contributed by atoms with Crippen LogP contribution in [-0.2, 0) is 9.59 Å². The number of nitrogens with one attached hydrogen (secondary N) is 1. The highest BCUT2D eigenvalue weighted by Gasteiger charge is 2.31. The first-order valence-corrected chi connectivity index (χ1v) is 9.40. The number of carbonyl (C=O) groups excluding carboxylic acids is 2. The summed E-state index contributed by atoms with van der Waals surface area (Å²) in [5, 5.41) is 3.29. The van der Waals surface area contributed by atoms with E-state index in [2.05, 4.69) is 10.3 Å². The molecule has 134 valence electrons. The fourth-order valence-corrected chi connectivity index (χ4v) is 3.97. The molecule has 0 atom stereocenters. The van der Waals surface area contributed by atoms with E-state index in [1.165, 1.54) is 18.3 Å². The van der Waals surface area contributed by atoms with E-state index in [-0.39, 0.29) is 17.2 Å². The summed E-state index contributed by atoms with van der Waals surface area (Å²) in [6, 6.07) is 4.07. The van der Waals surface area contributed by atoms with E-state index in [0.717, 1.165) is 36.3 Å². The number of hydrogen-bond donors (Lipinski definition) is 1. The van der Waals surface area contributed by atoms with Gasteiger partial charge in [-0.2, -0.15) is 4.98 Å². The zero-order chi connectivity index (χ0) is 18.2. The van der Waals surface area contributed by atoms with Crippen LogP contribution in [0.2, 0.25) is 0 Å². The van der Waals surface area contributed by atoms with E-state index < -0.39 is 0 Å². The highest BCUT2D eigenvalue weighted by molar-refractivity contribution is 7.22. The predicted octanol–water partition coefficient (Wildman–Crippen LogP) is 3.40. The van der Waals surface area contributed by atoms with E-state index in [0.29, 0.717) is 16.7 Å². The molecule has 7 heteroatoms. The largest absolute Gasteiger partial charge is 0.342 e. The third kappa shape index (κ3) is 3.98. The summed E-state index contributed by atoms with van der Waals surface area (Å²) in [5.74, 6) is 0.434. The first-order chi connectivity index (χ1) is 11.7. The van der Waals surface area contributed by atoms with Gasteiger partial charge in [0.15, 0.2) is 10.8 Å². The minimum absolute atomic E-state index is 0.129. The molecule has 1 aliphatic heterocycles. The van der Waals surface area contributed by atoms with Gasteiger partial charge in [-0.05, 0) is 25.0 Å². The van der Waals surface area contributed by atoms with Crippen molar-refractivity contribution in [3.63, 3.8) is 0 Å². The molecular formula is C18H24N4O2S. The molecule has 0 saturated carbocycles. The number of fused-ring (bicyclic) bond motifs is 1. The van der Waals surface area contributed by atoms with Crippen molar-refractivity contribution in [2.24, 2.45) is 5.41 Å². The van der Waals surface area contributed by atoms with Gasteiger partial charge in [-0.3, -0.25) is 9.59 Å². The van der Waals surface area contributed by atoms with Gasteiger partial charge in [-0.25, -0.2) is 4.98 Å². The summed E-state index contributed by atoms with van der Waals surface area (Å²) in [4.78, 5) is 34.6. The highest BCUT2D eigenvalue weighted by atomic mass is 32.1. The summed E-state index contributed by atoms with van der Waals surface area (Å²) in [5.41, 5.74) is 1.37. The van der Waals surface area contributed by atoms with Crippen LogP contribution in [0.25, 0.3) is 10.3 Å². The molecule has 2 aromatic rings. The SMILES string of the molecule is CC(=O)Nc1nc2nc(C3CCN(C(=O)C(C)(C)C)CC3)ccc2s1. The summed E-state index contributed by atoms with van der Waals surface area (Å²) in [6.45, 7) is 8.91. The second kappa shape index (κ2) is 6.71. The molecule has 2 aromatic heterocycles. The Hall–Kier alpha value is -2.02. The second-order valence-electron chi connectivity index (χ2n) is 7.57. The Morgan fingerprint density at radius 1 is 1.20 bits per heavy atom. The van der Waals surface area contributed by atoms with Crippen molar-refractivity contribution in [3.8, 4) is 0 Å². The fourth-order valence-electron chi connectivity index (χ4n) is 3.12. The molecule has 0 aliphatic carbocycles. The van der Waals surface area contributed by atoms with Crippen molar-refractivity contribution in [1.29, 1.82) is 0 Å². The number of carbonyl (C=O) groups is 2. The van der Waals surface area contributed by atoms with Crippen LogP contribution in [-0.4, -0.2) is 39.8 Å². The number of pyridine rings is 1. The van der Waals surface area contributed by atoms with Crippen molar-refractivity contribution < 1.29 is 9.59 Å². The molecule has 6 nitrogen and oxygen atoms in total. The third-order valence-electron chi connectivity index (χ3n) is 4.40. The van der Waals surface area contributed by atoms with Crippen LogP contribution in [0.3, 0.4) is 0 Å². The molecule has 3 rings (SSSR count). The van der Waals surface area contributed by atoms with Gasteiger partial charge in [0.2, 0.25) is 11.8 Å². The van der Waals surface area contributed by atoms with Crippen LogP contribution in [0, 0.1) is 5.41 Å². The zero-order valence-corrected chi connectivity index (χ0v) is 15.9. The monoisotopic (exact) mass is 360 g/mol. The van der Waals surface area contributed by atoms with Crippen molar-refractivity contribution in [3.05, 3.63) is 17.8 Å². The molecule has 25 heavy (non-hydrogen) atoms. The Kier molecular flexibility index (Phi) is 4.77. The molecule has 1 N–H and O–H groups in total. The van der Waals surface area contributed by atoms with E-state index >= 15 is 0 Å². The van der Waals surface area contributed by atoms with Gasteiger partial charge < -0.3 is 10.2 Å². The van der Waals surface area contributed by atoms with Crippen molar-refractivity contribution in [1.82, 2.24) is 14.9 Å². The molecular weight excluding hydrogens is 336 g/mol. The Morgan fingerprint density at radius 2 is 1.88 bits per heavy atom. The van der Waals surface area contributed by atoms with Gasteiger partial charge in [0.1, 0.15) is 0 Å².